The Balaban J connectivity index is 2.01. The van der Waals surface area contributed by atoms with Crippen LogP contribution in [0.4, 0.5) is 0 Å². The topological polar surface area (TPSA) is 38.3 Å². The van der Waals surface area contributed by atoms with Crippen LogP contribution in [0.5, 0.6) is 5.75 Å². The highest BCUT2D eigenvalue weighted by molar-refractivity contribution is 5.75. The Bertz CT molecular complexity index is 384. The molecule has 1 heterocycles. The maximum Gasteiger partial charge on any atom is 0.314 e. The van der Waals surface area contributed by atoms with Crippen molar-refractivity contribution in [2.24, 2.45) is 5.92 Å². The van der Waals surface area contributed by atoms with Gasteiger partial charge in [0.15, 0.2) is 0 Å². The van der Waals surface area contributed by atoms with E-state index in [1.807, 2.05) is 24.3 Å². The molecule has 1 aliphatic heterocycles. The molecule has 3 nitrogen and oxygen atoms in total. The first-order chi connectivity index (χ1) is 8.31. The number of nitrogens with one attached hydrogen (secondary N) is 1. The normalized spacial score (nSPS) is 16.8. The zero-order valence-corrected chi connectivity index (χ0v) is 10.2. The minimum absolute atomic E-state index is 0.0566. The molecule has 1 saturated heterocycles. The first-order valence-corrected chi connectivity index (χ1v) is 6.31. The molecular weight excluding hydrogens is 214 g/mol. The Kier molecular flexibility index (Phi) is 4.15. The Labute approximate surface area is 102 Å². The standard InChI is InChI=1S/C14H19NO2/c1-2-11-5-3-4-6-13(11)17-14(16)12-7-9-15-10-8-12/h3-6,12,15H,2,7-10H2,1H3. The van der Waals surface area contributed by atoms with Gasteiger partial charge in [-0.1, -0.05) is 25.1 Å². The summed E-state index contributed by atoms with van der Waals surface area (Å²) in [7, 11) is 0. The molecule has 0 atom stereocenters. The molecule has 0 bridgehead atoms. The summed E-state index contributed by atoms with van der Waals surface area (Å²) in [6, 6.07) is 7.76. The number of esters is 1. The summed E-state index contributed by atoms with van der Waals surface area (Å²) in [6.45, 7) is 3.89. The van der Waals surface area contributed by atoms with Crippen molar-refractivity contribution in [3.05, 3.63) is 29.8 Å². The smallest absolute Gasteiger partial charge is 0.314 e. The van der Waals surface area contributed by atoms with E-state index in [-0.39, 0.29) is 11.9 Å². The maximum absolute atomic E-state index is 12.0. The molecule has 3 heteroatoms. The number of hydrogen-bond acceptors (Lipinski definition) is 3. The predicted octanol–water partition coefficient (Wildman–Crippen LogP) is 2.15. The van der Waals surface area contributed by atoms with Gasteiger partial charge in [-0.2, -0.15) is 0 Å². The van der Waals surface area contributed by atoms with E-state index in [2.05, 4.69) is 12.2 Å². The van der Waals surface area contributed by atoms with Crippen LogP contribution in [0.3, 0.4) is 0 Å². The number of rotatable bonds is 3. The molecule has 1 aromatic carbocycles. The van der Waals surface area contributed by atoms with Crippen LogP contribution in [-0.4, -0.2) is 19.1 Å². The van der Waals surface area contributed by atoms with Gasteiger partial charge in [-0.05, 0) is 44.0 Å². The molecule has 0 unspecified atom stereocenters. The lowest BCUT2D eigenvalue weighted by Gasteiger charge is -2.21. The van der Waals surface area contributed by atoms with Gasteiger partial charge < -0.3 is 10.1 Å². The lowest BCUT2D eigenvalue weighted by molar-refractivity contribution is -0.139. The molecule has 0 amide bonds. The van der Waals surface area contributed by atoms with Crippen LogP contribution in [0, 0.1) is 5.92 Å². The fourth-order valence-electron chi connectivity index (χ4n) is 2.14. The highest BCUT2D eigenvalue weighted by Crippen LogP contribution is 2.21. The van der Waals surface area contributed by atoms with Gasteiger partial charge in [-0.25, -0.2) is 0 Å². The number of ether oxygens (including phenoxy) is 1. The largest absolute Gasteiger partial charge is 0.426 e. The minimum atomic E-state index is -0.0765. The number of carbonyl (C=O) groups excluding carboxylic acids is 1. The molecule has 0 radical (unpaired) electrons. The van der Waals surface area contributed by atoms with Crippen LogP contribution >= 0.6 is 0 Å². The van der Waals surface area contributed by atoms with Gasteiger partial charge in [-0.3, -0.25) is 4.79 Å². The number of piperidine rings is 1. The van der Waals surface area contributed by atoms with Gasteiger partial charge in [0.25, 0.3) is 0 Å². The van der Waals surface area contributed by atoms with Crippen LogP contribution in [-0.2, 0) is 11.2 Å². The zero-order chi connectivity index (χ0) is 12.1. The predicted molar refractivity (Wildman–Crippen MR) is 67.0 cm³/mol. The summed E-state index contributed by atoms with van der Waals surface area (Å²) in [6.07, 6.45) is 2.65. The number of benzene rings is 1. The summed E-state index contributed by atoms with van der Waals surface area (Å²) >= 11 is 0. The summed E-state index contributed by atoms with van der Waals surface area (Å²) in [5.74, 6) is 0.701. The number of carbonyl (C=O) groups is 1. The van der Waals surface area contributed by atoms with E-state index in [1.165, 1.54) is 0 Å². The van der Waals surface area contributed by atoms with Crippen molar-refractivity contribution in [2.75, 3.05) is 13.1 Å². The lowest BCUT2D eigenvalue weighted by atomic mass is 9.98. The van der Waals surface area contributed by atoms with Gasteiger partial charge in [0.2, 0.25) is 0 Å². The molecule has 1 aromatic rings. The van der Waals surface area contributed by atoms with Crippen LogP contribution in [0.1, 0.15) is 25.3 Å². The average Bonchev–Trinajstić information content (AvgIpc) is 2.40. The summed E-state index contributed by atoms with van der Waals surface area (Å²) in [5.41, 5.74) is 1.09. The third-order valence-corrected chi connectivity index (χ3v) is 3.24. The van der Waals surface area contributed by atoms with Crippen molar-refractivity contribution >= 4 is 5.97 Å². The third-order valence-electron chi connectivity index (χ3n) is 3.24. The van der Waals surface area contributed by atoms with Gasteiger partial charge >= 0.3 is 5.97 Å². The highest BCUT2D eigenvalue weighted by atomic mass is 16.5. The molecule has 17 heavy (non-hydrogen) atoms. The molecule has 0 aliphatic carbocycles. The molecule has 1 N–H and O–H groups in total. The van der Waals surface area contributed by atoms with E-state index >= 15 is 0 Å². The Hall–Kier alpha value is -1.35. The second kappa shape index (κ2) is 5.82. The Morgan fingerprint density at radius 3 is 2.76 bits per heavy atom. The van der Waals surface area contributed by atoms with Crippen LogP contribution in [0.2, 0.25) is 0 Å². The van der Waals surface area contributed by atoms with Crippen molar-refractivity contribution in [1.29, 1.82) is 0 Å². The van der Waals surface area contributed by atoms with Crippen molar-refractivity contribution in [3.63, 3.8) is 0 Å². The Morgan fingerprint density at radius 1 is 1.35 bits per heavy atom. The van der Waals surface area contributed by atoms with Crippen molar-refractivity contribution in [1.82, 2.24) is 5.32 Å². The number of aryl methyl sites for hydroxylation is 1. The fourth-order valence-corrected chi connectivity index (χ4v) is 2.14. The quantitative estimate of drug-likeness (QED) is 0.642. The summed E-state index contributed by atoms with van der Waals surface area (Å²) < 4.78 is 5.51. The highest BCUT2D eigenvalue weighted by Gasteiger charge is 2.23. The molecule has 1 aliphatic rings. The summed E-state index contributed by atoms with van der Waals surface area (Å²) in [5, 5.41) is 3.25. The van der Waals surface area contributed by atoms with Gasteiger partial charge in [0.05, 0.1) is 5.92 Å². The molecule has 0 aromatic heterocycles. The van der Waals surface area contributed by atoms with Crippen molar-refractivity contribution in [3.8, 4) is 5.75 Å². The fraction of sp³-hybridized carbons (Fsp3) is 0.500. The van der Waals surface area contributed by atoms with Crippen molar-refractivity contribution < 1.29 is 9.53 Å². The van der Waals surface area contributed by atoms with Crippen molar-refractivity contribution in [2.45, 2.75) is 26.2 Å². The van der Waals surface area contributed by atoms with E-state index in [1.54, 1.807) is 0 Å². The second-order valence-corrected chi connectivity index (χ2v) is 4.41. The second-order valence-electron chi connectivity index (χ2n) is 4.41. The average molecular weight is 233 g/mol. The maximum atomic E-state index is 12.0. The summed E-state index contributed by atoms with van der Waals surface area (Å²) in [4.78, 5) is 12.0. The van der Waals surface area contributed by atoms with Gasteiger partial charge in [0, 0.05) is 0 Å². The third kappa shape index (κ3) is 3.07. The van der Waals surface area contributed by atoms with Gasteiger partial charge in [0.1, 0.15) is 5.75 Å². The van der Waals surface area contributed by atoms with Crippen LogP contribution in [0.15, 0.2) is 24.3 Å². The molecule has 92 valence electrons. The molecule has 0 saturated carbocycles. The van der Waals surface area contributed by atoms with E-state index in [0.29, 0.717) is 0 Å². The van der Waals surface area contributed by atoms with E-state index in [0.717, 1.165) is 43.7 Å². The minimum Gasteiger partial charge on any atom is -0.426 e. The SMILES string of the molecule is CCc1ccccc1OC(=O)C1CCNCC1. The molecule has 0 spiro atoms. The van der Waals surface area contributed by atoms with Gasteiger partial charge in [-0.15, -0.1) is 0 Å². The van der Waals surface area contributed by atoms with E-state index < -0.39 is 0 Å². The Morgan fingerprint density at radius 2 is 2.06 bits per heavy atom. The zero-order valence-electron chi connectivity index (χ0n) is 10.2. The van der Waals surface area contributed by atoms with E-state index in [4.69, 9.17) is 4.74 Å². The number of para-hydroxylation sites is 1. The molecular formula is C14H19NO2. The van der Waals surface area contributed by atoms with Crippen LogP contribution in [0.25, 0.3) is 0 Å². The molecule has 2 rings (SSSR count). The first kappa shape index (κ1) is 12.1. The van der Waals surface area contributed by atoms with Crippen LogP contribution < -0.4 is 10.1 Å². The first-order valence-electron chi connectivity index (χ1n) is 6.31. The molecule has 1 fully saturated rings. The number of hydrogen-bond donors (Lipinski definition) is 1. The monoisotopic (exact) mass is 233 g/mol. The van der Waals surface area contributed by atoms with E-state index in [9.17, 15) is 4.79 Å². The lowest BCUT2D eigenvalue weighted by Crippen LogP contribution is -2.33.